The Hall–Kier alpha value is -0.740. The molecule has 0 saturated carbocycles. The summed E-state index contributed by atoms with van der Waals surface area (Å²) in [6.07, 6.45) is 3.06. The molecule has 0 bridgehead atoms. The third kappa shape index (κ3) is 9.80. The van der Waals surface area contributed by atoms with E-state index in [2.05, 4.69) is 0 Å². The molecular weight excluding hydrogens is 204 g/mol. The quantitative estimate of drug-likeness (QED) is 0.647. The van der Waals surface area contributed by atoms with Gasteiger partial charge in [0.1, 0.15) is 11.6 Å². The number of unbranched alkanes of at least 4 members (excludes halogenated alkanes) is 1. The second-order valence-corrected chi connectivity index (χ2v) is 3.72. The Morgan fingerprint density at radius 3 is 1.31 bits per heavy atom. The molecule has 0 aliphatic rings. The van der Waals surface area contributed by atoms with Gasteiger partial charge >= 0.3 is 0 Å². The third-order valence-electron chi connectivity index (χ3n) is 2.32. The predicted octanol–water partition coefficient (Wildman–Crippen LogP) is 1.41. The number of carbonyl (C=O) groups excluding carboxylic acids is 2. The molecule has 0 heterocycles. The van der Waals surface area contributed by atoms with Gasteiger partial charge in [0.05, 0.1) is 12.1 Å². The maximum atomic E-state index is 10.8. The van der Waals surface area contributed by atoms with Gasteiger partial charge in [-0.25, -0.2) is 0 Å². The molecule has 0 aromatic rings. The lowest BCUT2D eigenvalue weighted by molar-refractivity contribution is -0.119. The summed E-state index contributed by atoms with van der Waals surface area (Å²) in [4.78, 5) is 21.6. The molecule has 0 rings (SSSR count). The molecule has 0 aromatic carbocycles. The summed E-state index contributed by atoms with van der Waals surface area (Å²) < 4.78 is 0. The highest BCUT2D eigenvalue weighted by Gasteiger charge is 2.09. The Morgan fingerprint density at radius 1 is 0.875 bits per heavy atom. The van der Waals surface area contributed by atoms with Crippen LogP contribution in [-0.2, 0) is 9.59 Å². The maximum absolute atomic E-state index is 10.8. The van der Waals surface area contributed by atoms with Crippen molar-refractivity contribution in [2.24, 2.45) is 11.5 Å². The van der Waals surface area contributed by atoms with Crippen LogP contribution < -0.4 is 11.5 Å². The first-order valence-electron chi connectivity index (χ1n) is 5.97. The minimum atomic E-state index is -0.358. The molecule has 0 aromatic heterocycles. The van der Waals surface area contributed by atoms with Crippen molar-refractivity contribution in [1.29, 1.82) is 0 Å². The molecule has 0 aliphatic heterocycles. The second kappa shape index (κ2) is 10.8. The molecule has 0 amide bonds. The van der Waals surface area contributed by atoms with Crippen LogP contribution in [-0.4, -0.2) is 23.7 Å². The molecule has 4 heteroatoms. The normalized spacial score (nSPS) is 13.4. The van der Waals surface area contributed by atoms with Crippen LogP contribution in [0.2, 0.25) is 0 Å². The lowest BCUT2D eigenvalue weighted by Gasteiger charge is -2.09. The molecule has 4 N–H and O–H groups in total. The van der Waals surface area contributed by atoms with Gasteiger partial charge in [-0.15, -0.1) is 0 Å². The van der Waals surface area contributed by atoms with Crippen molar-refractivity contribution in [2.75, 3.05) is 0 Å². The number of carbonyl (C=O) groups is 2. The molecular formula is C12H26N2O2. The highest BCUT2D eigenvalue weighted by Crippen LogP contribution is 2.05. The fourth-order valence-electron chi connectivity index (χ4n) is 1.14. The van der Waals surface area contributed by atoms with Crippen molar-refractivity contribution < 1.29 is 9.59 Å². The summed E-state index contributed by atoms with van der Waals surface area (Å²) in [5.74, 6) is 0.0294. The van der Waals surface area contributed by atoms with E-state index in [9.17, 15) is 9.59 Å². The predicted molar refractivity (Wildman–Crippen MR) is 67.1 cm³/mol. The molecule has 16 heavy (non-hydrogen) atoms. The monoisotopic (exact) mass is 230 g/mol. The largest absolute Gasteiger partial charge is 0.322 e. The molecule has 2 unspecified atom stereocenters. The van der Waals surface area contributed by atoms with Gasteiger partial charge in [-0.2, -0.15) is 0 Å². The lowest BCUT2D eigenvalue weighted by Crippen LogP contribution is -2.29. The Labute approximate surface area is 98.8 Å². The van der Waals surface area contributed by atoms with Crippen LogP contribution in [0, 0.1) is 0 Å². The van der Waals surface area contributed by atoms with Crippen molar-refractivity contribution in [1.82, 2.24) is 0 Å². The van der Waals surface area contributed by atoms with Crippen molar-refractivity contribution in [3.63, 3.8) is 0 Å². The van der Waals surface area contributed by atoms with Gasteiger partial charge in [-0.05, 0) is 26.7 Å². The maximum Gasteiger partial charge on any atom is 0.146 e. The number of hydrogen-bond acceptors (Lipinski definition) is 4. The van der Waals surface area contributed by atoms with Gasteiger partial charge in [0.2, 0.25) is 0 Å². The summed E-state index contributed by atoms with van der Waals surface area (Å²) in [6.45, 7) is 6.98. The minimum Gasteiger partial charge on any atom is -0.322 e. The fraction of sp³-hybridized carbons (Fsp3) is 0.833. The smallest absolute Gasteiger partial charge is 0.146 e. The Morgan fingerprint density at radius 2 is 1.12 bits per heavy atom. The fourth-order valence-corrected chi connectivity index (χ4v) is 1.14. The number of ketones is 2. The molecule has 0 aliphatic carbocycles. The highest BCUT2D eigenvalue weighted by molar-refractivity contribution is 5.81. The molecule has 4 nitrogen and oxygen atoms in total. The summed E-state index contributed by atoms with van der Waals surface area (Å²) in [6, 6.07) is -0.716. The van der Waals surface area contributed by atoms with Crippen LogP contribution in [0.4, 0.5) is 0 Å². The van der Waals surface area contributed by atoms with Gasteiger partial charge in [0.15, 0.2) is 0 Å². The first kappa shape index (κ1) is 17.6. The van der Waals surface area contributed by atoms with Crippen LogP contribution in [0.25, 0.3) is 0 Å². The van der Waals surface area contributed by atoms with E-state index in [1.54, 1.807) is 0 Å². The van der Waals surface area contributed by atoms with Crippen molar-refractivity contribution in [3.8, 4) is 0 Å². The number of hydrogen-bond donors (Lipinski definition) is 2. The summed E-state index contributed by atoms with van der Waals surface area (Å²) in [5, 5.41) is 0. The van der Waals surface area contributed by atoms with Crippen LogP contribution in [0.5, 0.6) is 0 Å². The summed E-state index contributed by atoms with van der Waals surface area (Å²) >= 11 is 0. The third-order valence-corrected chi connectivity index (χ3v) is 2.32. The Balaban J connectivity index is 0. The first-order valence-corrected chi connectivity index (χ1v) is 5.97. The van der Waals surface area contributed by atoms with Gasteiger partial charge < -0.3 is 11.5 Å². The molecule has 96 valence electrons. The number of nitrogens with two attached hydrogens (primary N) is 2. The van der Waals surface area contributed by atoms with E-state index in [0.29, 0.717) is 12.8 Å². The highest BCUT2D eigenvalue weighted by atomic mass is 16.1. The lowest BCUT2D eigenvalue weighted by atomic mass is 10.0. The van der Waals surface area contributed by atoms with E-state index in [0.717, 1.165) is 12.8 Å². The molecule has 0 radical (unpaired) electrons. The van der Waals surface area contributed by atoms with E-state index in [1.165, 1.54) is 13.8 Å². The zero-order valence-electron chi connectivity index (χ0n) is 11.0. The van der Waals surface area contributed by atoms with Gasteiger partial charge in [-0.1, -0.05) is 26.7 Å². The Kier molecular flexibility index (Phi) is 11.9. The average molecular weight is 230 g/mol. The summed E-state index contributed by atoms with van der Waals surface area (Å²) in [5.41, 5.74) is 11.1. The summed E-state index contributed by atoms with van der Waals surface area (Å²) in [7, 11) is 0. The van der Waals surface area contributed by atoms with Gasteiger partial charge in [0.25, 0.3) is 0 Å². The SMILES string of the molecule is CC.CC(=O)C(N)CCCCC(N)C(C)=O. The van der Waals surface area contributed by atoms with Crippen molar-refractivity contribution in [3.05, 3.63) is 0 Å². The van der Waals surface area contributed by atoms with Crippen LogP contribution in [0.3, 0.4) is 0 Å². The van der Waals surface area contributed by atoms with E-state index in [1.807, 2.05) is 13.8 Å². The second-order valence-electron chi connectivity index (χ2n) is 3.72. The Bertz CT molecular complexity index is 183. The molecule has 0 spiro atoms. The van der Waals surface area contributed by atoms with Crippen LogP contribution >= 0.6 is 0 Å². The average Bonchev–Trinajstić information content (AvgIpc) is 2.26. The topological polar surface area (TPSA) is 86.2 Å². The van der Waals surface area contributed by atoms with E-state index in [4.69, 9.17) is 11.5 Å². The van der Waals surface area contributed by atoms with Gasteiger partial charge in [-0.3, -0.25) is 9.59 Å². The van der Waals surface area contributed by atoms with E-state index in [-0.39, 0.29) is 23.7 Å². The number of Topliss-reactive ketones (excluding diaryl/α,β-unsaturated/α-hetero) is 2. The zero-order valence-corrected chi connectivity index (χ0v) is 11.0. The van der Waals surface area contributed by atoms with Crippen molar-refractivity contribution >= 4 is 11.6 Å². The molecule has 0 fully saturated rings. The zero-order chi connectivity index (χ0) is 13.1. The first-order chi connectivity index (χ1) is 7.45. The van der Waals surface area contributed by atoms with E-state index >= 15 is 0 Å². The molecule has 2 atom stereocenters. The molecule has 0 saturated heterocycles. The van der Waals surface area contributed by atoms with Crippen molar-refractivity contribution in [2.45, 2.75) is 65.5 Å². The van der Waals surface area contributed by atoms with Crippen LogP contribution in [0.15, 0.2) is 0 Å². The van der Waals surface area contributed by atoms with Crippen LogP contribution in [0.1, 0.15) is 53.4 Å². The van der Waals surface area contributed by atoms with E-state index < -0.39 is 0 Å². The van der Waals surface area contributed by atoms with Gasteiger partial charge in [0, 0.05) is 0 Å². The minimum absolute atomic E-state index is 0.0147. The number of rotatable bonds is 7. The standard InChI is InChI=1S/C10H20N2O2.C2H6/c1-7(13)9(11)5-3-4-6-10(12)8(2)14;1-2/h9-10H,3-6,11-12H2,1-2H3;1-2H3.